The molecule has 172 valence electrons. The number of hydrogen-bond acceptors (Lipinski definition) is 6. The molecule has 7 nitrogen and oxygen atoms in total. The molecule has 3 aromatic carbocycles. The van der Waals surface area contributed by atoms with Gasteiger partial charge >= 0.3 is 5.97 Å². The number of nitro groups is 1. The number of benzene rings is 3. The van der Waals surface area contributed by atoms with Crippen LogP contribution in [0.3, 0.4) is 0 Å². The van der Waals surface area contributed by atoms with Gasteiger partial charge in [0, 0.05) is 16.6 Å². The van der Waals surface area contributed by atoms with Gasteiger partial charge in [-0.05, 0) is 92.7 Å². The Bertz CT molecular complexity index is 1370. The molecule has 0 spiro atoms. The van der Waals surface area contributed by atoms with Crippen LogP contribution in [0.4, 0.5) is 5.69 Å². The van der Waals surface area contributed by atoms with Gasteiger partial charge in [-0.1, -0.05) is 39.7 Å². The summed E-state index contributed by atoms with van der Waals surface area (Å²) in [5, 5.41) is 11.0. The molecule has 1 heterocycles. The van der Waals surface area contributed by atoms with Crippen molar-refractivity contribution in [3.8, 4) is 5.75 Å². The standard InChI is InChI=1S/C23H12BrClI2N2O5/c24-14-3-1-2-12(6-14)11-33-21-18(26)7-13(8-19(21)27)9-20-23(30)34-22(28-20)16-5-4-15(29(31)32)10-17(16)25/h1-10H,11H2/b20-9-. The Kier molecular flexibility index (Phi) is 7.90. The molecule has 0 bridgehead atoms. The van der Waals surface area contributed by atoms with Crippen molar-refractivity contribution < 1.29 is 19.2 Å². The van der Waals surface area contributed by atoms with E-state index in [1.807, 2.05) is 36.4 Å². The van der Waals surface area contributed by atoms with E-state index in [9.17, 15) is 14.9 Å². The monoisotopic (exact) mass is 764 g/mol. The van der Waals surface area contributed by atoms with Crippen LogP contribution < -0.4 is 4.74 Å². The first kappa shape index (κ1) is 25.1. The van der Waals surface area contributed by atoms with Gasteiger partial charge in [0.05, 0.1) is 22.6 Å². The van der Waals surface area contributed by atoms with Gasteiger partial charge < -0.3 is 9.47 Å². The van der Waals surface area contributed by atoms with Crippen LogP contribution >= 0.6 is 72.7 Å². The number of nitrogens with zero attached hydrogens (tertiary/aromatic N) is 2. The van der Waals surface area contributed by atoms with Crippen molar-refractivity contribution in [1.29, 1.82) is 0 Å². The average molecular weight is 766 g/mol. The third-order valence-corrected chi connectivity index (χ3v) is 7.02. The maximum Gasteiger partial charge on any atom is 0.363 e. The van der Waals surface area contributed by atoms with E-state index in [0.717, 1.165) is 28.5 Å². The number of rotatable bonds is 6. The number of esters is 1. The molecule has 0 atom stereocenters. The van der Waals surface area contributed by atoms with Gasteiger partial charge in [-0.25, -0.2) is 9.79 Å². The van der Waals surface area contributed by atoms with Crippen LogP contribution in [0.5, 0.6) is 5.75 Å². The third kappa shape index (κ3) is 5.78. The van der Waals surface area contributed by atoms with Crippen molar-refractivity contribution in [2.24, 2.45) is 4.99 Å². The molecule has 0 N–H and O–H groups in total. The van der Waals surface area contributed by atoms with Gasteiger partial charge in [0.15, 0.2) is 5.70 Å². The number of hydrogen-bond donors (Lipinski definition) is 0. The lowest BCUT2D eigenvalue weighted by molar-refractivity contribution is -0.384. The zero-order chi connectivity index (χ0) is 24.4. The largest absolute Gasteiger partial charge is 0.487 e. The number of ether oxygens (including phenoxy) is 2. The van der Waals surface area contributed by atoms with E-state index in [1.165, 1.54) is 18.2 Å². The minimum absolute atomic E-state index is 0.00508. The van der Waals surface area contributed by atoms with E-state index < -0.39 is 10.9 Å². The first-order chi connectivity index (χ1) is 16.2. The lowest BCUT2D eigenvalue weighted by atomic mass is 10.2. The molecule has 34 heavy (non-hydrogen) atoms. The third-order valence-electron chi connectivity index (χ3n) is 4.61. The summed E-state index contributed by atoms with van der Waals surface area (Å²) in [7, 11) is 0. The number of nitro benzene ring substituents is 1. The topological polar surface area (TPSA) is 91.0 Å². The van der Waals surface area contributed by atoms with Gasteiger partial charge in [0.2, 0.25) is 5.90 Å². The molecule has 0 saturated heterocycles. The molecule has 0 amide bonds. The van der Waals surface area contributed by atoms with E-state index >= 15 is 0 Å². The van der Waals surface area contributed by atoms with Crippen LogP contribution in [0, 0.1) is 17.3 Å². The Morgan fingerprint density at radius 1 is 1.15 bits per heavy atom. The maximum absolute atomic E-state index is 12.4. The highest BCUT2D eigenvalue weighted by molar-refractivity contribution is 14.1. The summed E-state index contributed by atoms with van der Waals surface area (Å²) in [5.74, 6) is 0.109. The summed E-state index contributed by atoms with van der Waals surface area (Å²) >= 11 is 14.0. The maximum atomic E-state index is 12.4. The van der Waals surface area contributed by atoms with E-state index in [4.69, 9.17) is 21.1 Å². The minimum atomic E-state index is -0.635. The predicted octanol–water partition coefficient (Wildman–Crippen LogP) is 7.14. The minimum Gasteiger partial charge on any atom is -0.487 e. The van der Waals surface area contributed by atoms with Crippen LogP contribution in [-0.4, -0.2) is 16.8 Å². The second-order valence-electron chi connectivity index (χ2n) is 6.99. The van der Waals surface area contributed by atoms with Crippen molar-refractivity contribution >= 4 is 96.3 Å². The van der Waals surface area contributed by atoms with Gasteiger partial charge in [0.25, 0.3) is 5.69 Å². The molecular weight excluding hydrogens is 753 g/mol. The molecule has 0 saturated carbocycles. The molecule has 4 rings (SSSR count). The molecule has 11 heteroatoms. The van der Waals surface area contributed by atoms with Crippen molar-refractivity contribution in [2.45, 2.75) is 6.61 Å². The highest BCUT2D eigenvalue weighted by Crippen LogP contribution is 2.32. The first-order valence-corrected chi connectivity index (χ1v) is 12.9. The van der Waals surface area contributed by atoms with Crippen LogP contribution in [-0.2, 0) is 16.1 Å². The number of cyclic esters (lactones) is 1. The number of carbonyl (C=O) groups excluding carboxylic acids is 1. The summed E-state index contributed by atoms with van der Waals surface area (Å²) < 4.78 is 14.0. The number of non-ortho nitro benzene ring substituents is 1. The lowest BCUT2D eigenvalue weighted by Crippen LogP contribution is -2.06. The number of halogens is 4. The van der Waals surface area contributed by atoms with Gasteiger partial charge in [-0.3, -0.25) is 10.1 Å². The molecule has 0 radical (unpaired) electrons. The highest BCUT2D eigenvalue weighted by Gasteiger charge is 2.26. The molecule has 1 aliphatic heterocycles. The Morgan fingerprint density at radius 3 is 2.53 bits per heavy atom. The van der Waals surface area contributed by atoms with Crippen LogP contribution in [0.2, 0.25) is 5.02 Å². The summed E-state index contributed by atoms with van der Waals surface area (Å²) in [4.78, 5) is 27.0. The van der Waals surface area contributed by atoms with E-state index in [-0.39, 0.29) is 22.3 Å². The van der Waals surface area contributed by atoms with E-state index in [2.05, 4.69) is 66.1 Å². The SMILES string of the molecule is O=C1OC(c2ccc([N+](=O)[O-])cc2Cl)=N/C1=C\c1cc(I)c(OCc2cccc(Br)c2)c(I)c1. The fraction of sp³-hybridized carbons (Fsp3) is 0.0435. The zero-order valence-electron chi connectivity index (χ0n) is 16.9. The lowest BCUT2D eigenvalue weighted by Gasteiger charge is -2.12. The summed E-state index contributed by atoms with van der Waals surface area (Å²) in [6, 6.07) is 15.5. The summed E-state index contributed by atoms with van der Waals surface area (Å²) in [6.45, 7) is 0.419. The molecular formula is C23H12BrClI2N2O5. The number of carbonyl (C=O) groups is 1. The van der Waals surface area contributed by atoms with Crippen molar-refractivity contribution in [2.75, 3.05) is 0 Å². The Hall–Kier alpha value is -2.03. The second-order valence-corrected chi connectivity index (χ2v) is 10.6. The van der Waals surface area contributed by atoms with Crippen molar-refractivity contribution in [3.63, 3.8) is 0 Å². The van der Waals surface area contributed by atoms with Gasteiger partial charge in [-0.2, -0.15) is 0 Å². The zero-order valence-corrected chi connectivity index (χ0v) is 23.6. The summed E-state index contributed by atoms with van der Waals surface area (Å²) in [5.41, 5.74) is 2.01. The predicted molar refractivity (Wildman–Crippen MR) is 149 cm³/mol. The molecule has 1 aliphatic rings. The molecule has 0 aromatic heterocycles. The highest BCUT2D eigenvalue weighted by atomic mass is 127. The van der Waals surface area contributed by atoms with E-state index in [0.29, 0.717) is 12.2 Å². The second kappa shape index (κ2) is 10.7. The van der Waals surface area contributed by atoms with Crippen LogP contribution in [0.1, 0.15) is 16.7 Å². The molecule has 0 fully saturated rings. The number of aliphatic imine (C=N–C) groups is 1. The Morgan fingerprint density at radius 2 is 1.88 bits per heavy atom. The normalized spacial score (nSPS) is 14.2. The quantitative estimate of drug-likeness (QED) is 0.0876. The van der Waals surface area contributed by atoms with Crippen molar-refractivity contribution in [3.05, 3.63) is 104 Å². The molecule has 3 aromatic rings. The Labute approximate surface area is 234 Å². The fourth-order valence-corrected chi connectivity index (χ4v) is 5.89. The van der Waals surface area contributed by atoms with Gasteiger partial charge in [-0.15, -0.1) is 0 Å². The smallest absolute Gasteiger partial charge is 0.363 e. The van der Waals surface area contributed by atoms with Crippen molar-refractivity contribution in [1.82, 2.24) is 0 Å². The molecule has 0 unspecified atom stereocenters. The first-order valence-electron chi connectivity index (χ1n) is 9.54. The van der Waals surface area contributed by atoms with Gasteiger partial charge in [0.1, 0.15) is 12.4 Å². The average Bonchev–Trinajstić information content (AvgIpc) is 3.12. The van der Waals surface area contributed by atoms with Crippen LogP contribution in [0.15, 0.2) is 69.8 Å². The Balaban J connectivity index is 1.57. The summed E-state index contributed by atoms with van der Waals surface area (Å²) in [6.07, 6.45) is 1.61. The molecule has 0 aliphatic carbocycles. The fourth-order valence-electron chi connectivity index (χ4n) is 3.06. The van der Waals surface area contributed by atoms with Crippen LogP contribution in [0.25, 0.3) is 6.08 Å². The van der Waals surface area contributed by atoms with E-state index in [1.54, 1.807) is 6.08 Å².